The number of amides is 2. The molecule has 0 bridgehead atoms. The van der Waals surface area contributed by atoms with Gasteiger partial charge in [0.1, 0.15) is 0 Å². The van der Waals surface area contributed by atoms with Gasteiger partial charge in [0.2, 0.25) is 0 Å². The summed E-state index contributed by atoms with van der Waals surface area (Å²) in [7, 11) is 3.97. The first-order chi connectivity index (χ1) is 9.97. The molecule has 1 aromatic rings. The average molecular weight is 291 g/mol. The van der Waals surface area contributed by atoms with Crippen LogP contribution in [0.25, 0.3) is 0 Å². The number of hydrogen-bond acceptors (Lipinski definition) is 3. The summed E-state index contributed by atoms with van der Waals surface area (Å²) >= 11 is 0. The van der Waals surface area contributed by atoms with Gasteiger partial charge >= 0.3 is 6.03 Å². The molecule has 21 heavy (non-hydrogen) atoms. The van der Waals surface area contributed by atoms with Crippen molar-refractivity contribution in [3.63, 3.8) is 0 Å². The van der Waals surface area contributed by atoms with Crippen LogP contribution in [0.15, 0.2) is 24.3 Å². The Bertz CT molecular complexity index is 471. The normalized spacial score (nSPS) is 19.4. The lowest BCUT2D eigenvalue weighted by Crippen LogP contribution is -2.40. The number of benzene rings is 1. The van der Waals surface area contributed by atoms with Crippen molar-refractivity contribution in [1.29, 1.82) is 0 Å². The number of nitrogens with zero attached hydrogens (tertiary/aromatic N) is 2. The van der Waals surface area contributed by atoms with Gasteiger partial charge in [-0.15, -0.1) is 0 Å². The van der Waals surface area contributed by atoms with E-state index in [1.807, 2.05) is 48.2 Å². The maximum atomic E-state index is 12.3. The van der Waals surface area contributed by atoms with Crippen molar-refractivity contribution in [2.45, 2.75) is 38.3 Å². The Morgan fingerprint density at radius 3 is 2.67 bits per heavy atom. The second-order valence-corrected chi connectivity index (χ2v) is 5.95. The maximum absolute atomic E-state index is 12.3. The molecule has 1 aromatic carbocycles. The van der Waals surface area contributed by atoms with E-state index < -0.39 is 0 Å². The van der Waals surface area contributed by atoms with Gasteiger partial charge in [0.05, 0.1) is 6.10 Å². The smallest absolute Gasteiger partial charge is 0.322 e. The van der Waals surface area contributed by atoms with E-state index in [9.17, 15) is 9.90 Å². The summed E-state index contributed by atoms with van der Waals surface area (Å²) in [5.74, 6) is 0. The zero-order chi connectivity index (χ0) is 15.4. The molecule has 116 valence electrons. The van der Waals surface area contributed by atoms with Crippen LogP contribution in [0.3, 0.4) is 0 Å². The van der Waals surface area contributed by atoms with E-state index in [1.54, 1.807) is 6.92 Å². The van der Waals surface area contributed by atoms with Crippen molar-refractivity contribution < 1.29 is 9.90 Å². The monoisotopic (exact) mass is 291 g/mol. The third kappa shape index (κ3) is 4.11. The van der Waals surface area contributed by atoms with Crippen molar-refractivity contribution in [1.82, 2.24) is 4.90 Å². The summed E-state index contributed by atoms with van der Waals surface area (Å²) in [5, 5.41) is 12.5. The number of urea groups is 1. The molecule has 0 aliphatic carbocycles. The lowest BCUT2D eigenvalue weighted by atomic mass is 10.1. The van der Waals surface area contributed by atoms with E-state index in [-0.39, 0.29) is 18.2 Å². The molecule has 1 fully saturated rings. The number of likely N-dealkylation sites (tertiary alicyclic amines) is 1. The van der Waals surface area contributed by atoms with Crippen LogP contribution in [0.5, 0.6) is 0 Å². The first kappa shape index (κ1) is 15.6. The van der Waals surface area contributed by atoms with Gasteiger partial charge in [0, 0.05) is 38.1 Å². The van der Waals surface area contributed by atoms with Gasteiger partial charge in [-0.05, 0) is 50.5 Å². The Morgan fingerprint density at radius 2 is 2.10 bits per heavy atom. The van der Waals surface area contributed by atoms with Crippen molar-refractivity contribution in [2.24, 2.45) is 0 Å². The Morgan fingerprint density at radius 1 is 1.43 bits per heavy atom. The van der Waals surface area contributed by atoms with Crippen LogP contribution in [0.2, 0.25) is 0 Å². The molecule has 5 heteroatoms. The number of carbonyl (C=O) groups is 1. The number of hydrogen-bond donors (Lipinski definition) is 2. The molecule has 0 saturated carbocycles. The van der Waals surface area contributed by atoms with E-state index in [4.69, 9.17) is 0 Å². The number of nitrogens with one attached hydrogen (secondary N) is 1. The molecule has 1 aliphatic heterocycles. The van der Waals surface area contributed by atoms with E-state index in [2.05, 4.69) is 5.32 Å². The number of aliphatic hydroxyl groups is 1. The highest BCUT2D eigenvalue weighted by Crippen LogP contribution is 2.23. The second-order valence-electron chi connectivity index (χ2n) is 5.95. The third-order valence-electron chi connectivity index (χ3n) is 3.89. The van der Waals surface area contributed by atoms with Gasteiger partial charge in [-0.1, -0.05) is 0 Å². The van der Waals surface area contributed by atoms with Crippen LogP contribution in [0, 0.1) is 0 Å². The molecule has 0 aromatic heterocycles. The quantitative estimate of drug-likeness (QED) is 0.896. The number of carbonyl (C=O) groups excluding carboxylic acids is 1. The molecule has 0 spiro atoms. The predicted molar refractivity (Wildman–Crippen MR) is 85.8 cm³/mol. The fraction of sp³-hybridized carbons (Fsp3) is 0.562. The molecule has 1 aliphatic rings. The summed E-state index contributed by atoms with van der Waals surface area (Å²) in [6, 6.07) is 7.85. The fourth-order valence-electron chi connectivity index (χ4n) is 2.78. The molecular formula is C16H25N3O2. The maximum Gasteiger partial charge on any atom is 0.322 e. The Hall–Kier alpha value is -1.75. The minimum Gasteiger partial charge on any atom is -0.393 e. The zero-order valence-electron chi connectivity index (χ0n) is 13.0. The van der Waals surface area contributed by atoms with Crippen LogP contribution in [0.4, 0.5) is 16.2 Å². The first-order valence-corrected chi connectivity index (χ1v) is 7.50. The summed E-state index contributed by atoms with van der Waals surface area (Å²) < 4.78 is 0. The van der Waals surface area contributed by atoms with Crippen LogP contribution >= 0.6 is 0 Å². The standard InChI is InChI=1S/C16H25N3O2/c1-12(20)11-15-5-4-10-19(15)16(21)17-13-6-8-14(9-7-13)18(2)3/h6-9,12,15,20H,4-5,10-11H2,1-3H3,(H,17,21)/t12-,15+/m0/s1. The van der Waals surface area contributed by atoms with E-state index >= 15 is 0 Å². The average Bonchev–Trinajstić information content (AvgIpc) is 2.86. The van der Waals surface area contributed by atoms with Gasteiger partial charge in [0.25, 0.3) is 0 Å². The summed E-state index contributed by atoms with van der Waals surface area (Å²) in [4.78, 5) is 16.2. The summed E-state index contributed by atoms with van der Waals surface area (Å²) in [6.45, 7) is 2.54. The summed E-state index contributed by atoms with van der Waals surface area (Å²) in [5.41, 5.74) is 1.90. The van der Waals surface area contributed by atoms with E-state index in [0.717, 1.165) is 30.8 Å². The molecular weight excluding hydrogens is 266 g/mol. The van der Waals surface area contributed by atoms with Crippen LogP contribution in [-0.4, -0.2) is 48.8 Å². The Balaban J connectivity index is 1.97. The van der Waals surface area contributed by atoms with E-state index in [1.165, 1.54) is 0 Å². The second kappa shape index (κ2) is 6.80. The predicted octanol–water partition coefficient (Wildman–Crippen LogP) is 2.52. The van der Waals surface area contributed by atoms with Gasteiger partial charge < -0.3 is 20.2 Å². The molecule has 2 rings (SSSR count). The molecule has 0 radical (unpaired) electrons. The minimum absolute atomic E-state index is 0.0734. The SMILES string of the molecule is C[C@H](O)C[C@H]1CCCN1C(=O)Nc1ccc(N(C)C)cc1. The number of anilines is 2. The molecule has 2 atom stereocenters. The minimum atomic E-state index is -0.372. The molecule has 1 saturated heterocycles. The largest absolute Gasteiger partial charge is 0.393 e. The number of aliphatic hydroxyl groups excluding tert-OH is 1. The third-order valence-corrected chi connectivity index (χ3v) is 3.89. The van der Waals surface area contributed by atoms with Gasteiger partial charge in [-0.25, -0.2) is 4.79 Å². The van der Waals surface area contributed by atoms with Crippen molar-refractivity contribution in [3.8, 4) is 0 Å². The highest BCUT2D eigenvalue weighted by Gasteiger charge is 2.29. The van der Waals surface area contributed by atoms with Crippen molar-refractivity contribution >= 4 is 17.4 Å². The van der Waals surface area contributed by atoms with Crippen LogP contribution in [-0.2, 0) is 0 Å². The zero-order valence-corrected chi connectivity index (χ0v) is 13.0. The van der Waals surface area contributed by atoms with Crippen molar-refractivity contribution in [3.05, 3.63) is 24.3 Å². The number of rotatable bonds is 4. The van der Waals surface area contributed by atoms with Gasteiger partial charge in [-0.2, -0.15) is 0 Å². The highest BCUT2D eigenvalue weighted by molar-refractivity contribution is 5.89. The van der Waals surface area contributed by atoms with Crippen LogP contribution in [0.1, 0.15) is 26.2 Å². The topological polar surface area (TPSA) is 55.8 Å². The Kier molecular flexibility index (Phi) is 5.07. The lowest BCUT2D eigenvalue weighted by Gasteiger charge is -2.26. The van der Waals surface area contributed by atoms with Gasteiger partial charge in [-0.3, -0.25) is 0 Å². The highest BCUT2D eigenvalue weighted by atomic mass is 16.3. The Labute approximate surface area is 126 Å². The van der Waals surface area contributed by atoms with Crippen molar-refractivity contribution in [2.75, 3.05) is 30.9 Å². The van der Waals surface area contributed by atoms with Gasteiger partial charge in [0.15, 0.2) is 0 Å². The van der Waals surface area contributed by atoms with Crippen LogP contribution < -0.4 is 10.2 Å². The molecule has 2 N–H and O–H groups in total. The first-order valence-electron chi connectivity index (χ1n) is 7.50. The van der Waals surface area contributed by atoms with E-state index in [0.29, 0.717) is 6.42 Å². The molecule has 0 unspecified atom stereocenters. The summed E-state index contributed by atoms with van der Waals surface area (Å²) in [6.07, 6.45) is 2.25. The lowest BCUT2D eigenvalue weighted by molar-refractivity contribution is 0.142. The molecule has 5 nitrogen and oxygen atoms in total. The fourth-order valence-corrected chi connectivity index (χ4v) is 2.78. The molecule has 2 amide bonds. The molecule has 1 heterocycles.